The van der Waals surface area contributed by atoms with Crippen molar-refractivity contribution in [2.75, 3.05) is 25.1 Å². The van der Waals surface area contributed by atoms with Gasteiger partial charge in [-0.2, -0.15) is 0 Å². The number of rotatable bonds is 15. The summed E-state index contributed by atoms with van der Waals surface area (Å²) in [5.41, 5.74) is 1.83. The molecule has 4 aromatic carbocycles. The number of hydrogen-bond acceptors (Lipinski definition) is 6. The van der Waals surface area contributed by atoms with Gasteiger partial charge in [-0.1, -0.05) is 73.7 Å². The maximum Gasteiger partial charge on any atom is 0.264 e. The molecular weight excluding hydrogens is 602 g/mol. The Morgan fingerprint density at radius 3 is 2.00 bits per heavy atom. The van der Waals surface area contributed by atoms with Crippen LogP contribution in [0.4, 0.5) is 5.69 Å². The second-order valence-electron chi connectivity index (χ2n) is 10.9. The van der Waals surface area contributed by atoms with E-state index in [2.05, 4.69) is 5.32 Å². The van der Waals surface area contributed by atoms with Crippen molar-refractivity contribution in [1.82, 2.24) is 10.2 Å². The Morgan fingerprint density at radius 1 is 0.783 bits per heavy atom. The van der Waals surface area contributed by atoms with Crippen LogP contribution < -0.4 is 19.1 Å². The van der Waals surface area contributed by atoms with Crippen molar-refractivity contribution < 1.29 is 27.5 Å². The lowest BCUT2D eigenvalue weighted by molar-refractivity contribution is -0.140. The number of ether oxygens (including phenoxy) is 2. The average molecular weight is 644 g/mol. The summed E-state index contributed by atoms with van der Waals surface area (Å²) >= 11 is 0. The number of carbonyl (C=O) groups is 2. The third kappa shape index (κ3) is 8.66. The van der Waals surface area contributed by atoms with Crippen molar-refractivity contribution in [3.05, 3.63) is 120 Å². The summed E-state index contributed by atoms with van der Waals surface area (Å²) in [6.07, 6.45) is 0.927. The van der Waals surface area contributed by atoms with Crippen LogP contribution in [0.25, 0.3) is 0 Å². The molecule has 0 aromatic heterocycles. The lowest BCUT2D eigenvalue weighted by atomic mass is 10.0. The number of amides is 2. The highest BCUT2D eigenvalue weighted by Crippen LogP contribution is 2.28. The van der Waals surface area contributed by atoms with Crippen LogP contribution in [0.1, 0.15) is 31.4 Å². The number of nitrogens with zero attached hydrogens (tertiary/aromatic N) is 2. The average Bonchev–Trinajstić information content (AvgIpc) is 3.09. The van der Waals surface area contributed by atoms with Crippen molar-refractivity contribution in [2.24, 2.45) is 0 Å². The molecule has 0 fully saturated rings. The predicted molar refractivity (Wildman–Crippen MR) is 179 cm³/mol. The molecule has 0 aliphatic heterocycles. The molecule has 4 aromatic rings. The maximum absolute atomic E-state index is 14.6. The van der Waals surface area contributed by atoms with Gasteiger partial charge in [0.2, 0.25) is 11.8 Å². The summed E-state index contributed by atoms with van der Waals surface area (Å²) in [6, 6.07) is 30.1. The first kappa shape index (κ1) is 34.1. The molecule has 1 N–H and O–H groups in total. The van der Waals surface area contributed by atoms with Gasteiger partial charge in [0.1, 0.15) is 24.1 Å². The van der Waals surface area contributed by atoms with Crippen LogP contribution in [0, 0.1) is 0 Å². The number of nitrogens with one attached hydrogen (secondary N) is 1. The van der Waals surface area contributed by atoms with E-state index < -0.39 is 28.5 Å². The minimum Gasteiger partial charge on any atom is -0.497 e. The van der Waals surface area contributed by atoms with Crippen molar-refractivity contribution in [3.8, 4) is 11.5 Å². The zero-order valence-electron chi connectivity index (χ0n) is 26.6. The summed E-state index contributed by atoms with van der Waals surface area (Å²) in [7, 11) is -1.17. The van der Waals surface area contributed by atoms with E-state index in [1.807, 2.05) is 56.3 Å². The van der Waals surface area contributed by atoms with E-state index in [9.17, 15) is 18.0 Å². The zero-order chi connectivity index (χ0) is 33.1. The molecule has 46 heavy (non-hydrogen) atoms. The quantitative estimate of drug-likeness (QED) is 0.185. The van der Waals surface area contributed by atoms with E-state index in [-0.39, 0.29) is 35.5 Å². The van der Waals surface area contributed by atoms with Crippen LogP contribution >= 0.6 is 0 Å². The van der Waals surface area contributed by atoms with Crippen molar-refractivity contribution >= 4 is 27.5 Å². The molecule has 10 heteroatoms. The van der Waals surface area contributed by atoms with Gasteiger partial charge >= 0.3 is 0 Å². The molecule has 2 amide bonds. The van der Waals surface area contributed by atoms with Crippen molar-refractivity contribution in [1.29, 1.82) is 0 Å². The maximum atomic E-state index is 14.6. The van der Waals surface area contributed by atoms with Crippen LogP contribution in [0.5, 0.6) is 11.5 Å². The van der Waals surface area contributed by atoms with Gasteiger partial charge in [-0.15, -0.1) is 0 Å². The van der Waals surface area contributed by atoms with Crippen molar-refractivity contribution in [2.45, 2.75) is 50.2 Å². The van der Waals surface area contributed by atoms with Crippen LogP contribution in [0.15, 0.2) is 114 Å². The van der Waals surface area contributed by atoms with Crippen molar-refractivity contribution in [3.63, 3.8) is 0 Å². The van der Waals surface area contributed by atoms with Gasteiger partial charge < -0.3 is 19.7 Å². The van der Waals surface area contributed by atoms with Crippen LogP contribution in [-0.2, 0) is 32.6 Å². The van der Waals surface area contributed by atoms with Crippen LogP contribution in [-0.4, -0.2) is 58.0 Å². The van der Waals surface area contributed by atoms with E-state index in [4.69, 9.17) is 9.47 Å². The SMILES string of the molecule is CC[C@H](C)NC(=O)[C@H](Cc1ccccc1)N(Cc1cccc(OC)c1)C(=O)CN(c1cccc(OC)c1)S(=O)(=O)c1ccccc1. The molecule has 0 bridgehead atoms. The van der Waals surface area contributed by atoms with Gasteiger partial charge in [0.25, 0.3) is 10.0 Å². The molecule has 0 aliphatic rings. The first-order valence-electron chi connectivity index (χ1n) is 15.1. The summed E-state index contributed by atoms with van der Waals surface area (Å²) in [5, 5.41) is 3.04. The van der Waals surface area contributed by atoms with E-state index in [1.54, 1.807) is 61.7 Å². The Kier molecular flexibility index (Phi) is 11.8. The molecular formula is C36H41N3O6S. The van der Waals surface area contributed by atoms with Crippen LogP contribution in [0.3, 0.4) is 0 Å². The largest absolute Gasteiger partial charge is 0.497 e. The first-order valence-corrected chi connectivity index (χ1v) is 16.6. The fourth-order valence-electron chi connectivity index (χ4n) is 4.98. The topological polar surface area (TPSA) is 105 Å². The highest BCUT2D eigenvalue weighted by molar-refractivity contribution is 7.92. The fraction of sp³-hybridized carbons (Fsp3) is 0.278. The standard InChI is InChI=1S/C36H41N3O6S/c1-5-27(2)37-36(41)34(23-28-14-8-6-9-15-28)38(25-29-16-12-18-31(22-29)44-3)35(40)26-39(30-17-13-19-32(24-30)45-4)46(42,43)33-20-10-7-11-21-33/h6-22,24,27,34H,5,23,25-26H2,1-4H3,(H,37,41)/t27-,34-/m0/s1. The Bertz CT molecular complexity index is 1700. The summed E-state index contributed by atoms with van der Waals surface area (Å²) in [6.45, 7) is 3.36. The third-order valence-electron chi connectivity index (χ3n) is 7.71. The molecule has 0 unspecified atom stereocenters. The minimum absolute atomic E-state index is 0.0281. The number of carbonyl (C=O) groups excluding carboxylic acids is 2. The van der Waals surface area contributed by atoms with E-state index >= 15 is 0 Å². The second kappa shape index (κ2) is 15.9. The Hall–Kier alpha value is -4.83. The molecule has 0 spiro atoms. The molecule has 2 atom stereocenters. The normalized spacial score (nSPS) is 12.4. The monoisotopic (exact) mass is 643 g/mol. The second-order valence-corrected chi connectivity index (χ2v) is 12.8. The molecule has 4 rings (SSSR count). The first-order chi connectivity index (χ1) is 22.2. The number of anilines is 1. The fourth-order valence-corrected chi connectivity index (χ4v) is 6.40. The molecule has 0 saturated heterocycles. The Labute approximate surface area is 271 Å². The number of hydrogen-bond donors (Lipinski definition) is 1. The Balaban J connectivity index is 1.82. The highest BCUT2D eigenvalue weighted by atomic mass is 32.2. The molecule has 0 saturated carbocycles. The van der Waals surface area contributed by atoms with E-state index in [0.717, 1.165) is 15.4 Å². The van der Waals surface area contributed by atoms with Gasteiger partial charge in [-0.25, -0.2) is 8.42 Å². The van der Waals surface area contributed by atoms with Gasteiger partial charge in [0, 0.05) is 25.1 Å². The lowest BCUT2D eigenvalue weighted by Gasteiger charge is -2.34. The summed E-state index contributed by atoms with van der Waals surface area (Å²) < 4.78 is 40.1. The number of benzene rings is 4. The molecule has 242 valence electrons. The highest BCUT2D eigenvalue weighted by Gasteiger charge is 2.35. The van der Waals surface area contributed by atoms with Gasteiger partial charge in [-0.05, 0) is 60.9 Å². The zero-order valence-corrected chi connectivity index (χ0v) is 27.4. The lowest BCUT2D eigenvalue weighted by Crippen LogP contribution is -2.54. The summed E-state index contributed by atoms with van der Waals surface area (Å²) in [4.78, 5) is 30.0. The van der Waals surface area contributed by atoms with Gasteiger partial charge in [0.15, 0.2) is 0 Å². The summed E-state index contributed by atoms with van der Waals surface area (Å²) in [5.74, 6) is 0.151. The van der Waals surface area contributed by atoms with E-state index in [0.29, 0.717) is 17.9 Å². The molecule has 9 nitrogen and oxygen atoms in total. The molecule has 0 radical (unpaired) electrons. The van der Waals surface area contributed by atoms with E-state index in [1.165, 1.54) is 24.1 Å². The Morgan fingerprint density at radius 2 is 1.37 bits per heavy atom. The number of sulfonamides is 1. The van der Waals surface area contributed by atoms with Gasteiger partial charge in [-0.3, -0.25) is 13.9 Å². The minimum atomic E-state index is -4.21. The molecule has 0 heterocycles. The third-order valence-corrected chi connectivity index (χ3v) is 9.50. The van der Waals surface area contributed by atoms with Crippen LogP contribution in [0.2, 0.25) is 0 Å². The predicted octanol–water partition coefficient (Wildman–Crippen LogP) is 5.45. The smallest absolute Gasteiger partial charge is 0.264 e. The number of methoxy groups -OCH3 is 2. The van der Waals surface area contributed by atoms with Gasteiger partial charge in [0.05, 0.1) is 24.8 Å². The molecule has 0 aliphatic carbocycles.